The number of para-hydroxylation sites is 1. The fourth-order valence-electron chi connectivity index (χ4n) is 3.36. The summed E-state index contributed by atoms with van der Waals surface area (Å²) in [5.41, 5.74) is 0.422. The Kier molecular flexibility index (Phi) is 4.97. The molecule has 2 fully saturated rings. The van der Waals surface area contributed by atoms with E-state index in [0.29, 0.717) is 12.2 Å². The smallest absolute Gasteiger partial charge is 0.230 e. The van der Waals surface area contributed by atoms with Crippen molar-refractivity contribution >= 4 is 11.6 Å². The van der Waals surface area contributed by atoms with E-state index in [2.05, 4.69) is 23.9 Å². The molecule has 1 amide bonds. The van der Waals surface area contributed by atoms with Crippen LogP contribution in [0.2, 0.25) is 0 Å². The Labute approximate surface area is 137 Å². The fraction of sp³-hybridized carbons (Fsp3) is 0.611. The third-order valence-corrected chi connectivity index (χ3v) is 5.24. The zero-order valence-electron chi connectivity index (χ0n) is 14.0. The summed E-state index contributed by atoms with van der Waals surface area (Å²) in [6, 6.07) is 6.87. The highest BCUT2D eigenvalue weighted by Crippen LogP contribution is 2.31. The van der Waals surface area contributed by atoms with Crippen LogP contribution >= 0.6 is 0 Å². The standard InChI is InChI=1S/C18H26FN3O/c1-20-10-11-21(2)15(12-20)13-22(18(23)14-6-5-7-14)17-9-4-3-8-16(17)19/h3-4,8-9,14-15H,5-7,10-13H2,1-2H3. The van der Waals surface area contributed by atoms with Gasteiger partial charge in [0.1, 0.15) is 5.82 Å². The minimum Gasteiger partial charge on any atom is -0.308 e. The van der Waals surface area contributed by atoms with Gasteiger partial charge in [0.2, 0.25) is 5.91 Å². The SMILES string of the molecule is CN1CCN(C)C(CN(C(=O)C2CCC2)c2ccccc2F)C1. The lowest BCUT2D eigenvalue weighted by Crippen LogP contribution is -2.56. The second-order valence-electron chi connectivity index (χ2n) is 6.92. The average Bonchev–Trinajstić information content (AvgIpc) is 2.47. The molecule has 0 aromatic heterocycles. The lowest BCUT2D eigenvalue weighted by atomic mass is 9.84. The van der Waals surface area contributed by atoms with E-state index in [1.807, 2.05) is 0 Å². The molecular formula is C18H26FN3O. The van der Waals surface area contributed by atoms with Crippen molar-refractivity contribution in [3.05, 3.63) is 30.1 Å². The van der Waals surface area contributed by atoms with Crippen molar-refractivity contribution in [3.63, 3.8) is 0 Å². The molecule has 2 aliphatic rings. The second-order valence-corrected chi connectivity index (χ2v) is 6.92. The molecule has 5 heteroatoms. The summed E-state index contributed by atoms with van der Waals surface area (Å²) in [6.07, 6.45) is 2.97. The molecule has 1 aliphatic carbocycles. The first-order chi connectivity index (χ1) is 11.1. The first-order valence-electron chi connectivity index (χ1n) is 8.51. The van der Waals surface area contributed by atoms with Gasteiger partial charge in [-0.15, -0.1) is 0 Å². The van der Waals surface area contributed by atoms with E-state index in [4.69, 9.17) is 0 Å². The van der Waals surface area contributed by atoms with Gasteiger partial charge in [0.15, 0.2) is 0 Å². The van der Waals surface area contributed by atoms with Gasteiger partial charge in [-0.3, -0.25) is 9.69 Å². The molecule has 1 saturated carbocycles. The van der Waals surface area contributed by atoms with E-state index in [1.54, 1.807) is 23.1 Å². The van der Waals surface area contributed by atoms with Gasteiger partial charge in [-0.05, 0) is 39.1 Å². The van der Waals surface area contributed by atoms with E-state index < -0.39 is 0 Å². The summed E-state index contributed by atoms with van der Waals surface area (Å²) in [7, 11) is 4.19. The first-order valence-corrected chi connectivity index (χ1v) is 8.51. The number of anilines is 1. The van der Waals surface area contributed by atoms with Gasteiger partial charge in [-0.1, -0.05) is 18.6 Å². The van der Waals surface area contributed by atoms with E-state index in [0.717, 1.165) is 38.9 Å². The number of amides is 1. The summed E-state index contributed by atoms with van der Waals surface area (Å²) in [5.74, 6) is -0.156. The molecule has 1 saturated heterocycles. The van der Waals surface area contributed by atoms with Crippen LogP contribution in [-0.4, -0.2) is 62.0 Å². The van der Waals surface area contributed by atoms with Gasteiger partial charge in [0, 0.05) is 38.1 Å². The summed E-state index contributed by atoms with van der Waals surface area (Å²) < 4.78 is 14.3. The molecule has 1 aromatic carbocycles. The van der Waals surface area contributed by atoms with Crippen molar-refractivity contribution in [3.8, 4) is 0 Å². The van der Waals surface area contributed by atoms with Gasteiger partial charge >= 0.3 is 0 Å². The van der Waals surface area contributed by atoms with Crippen molar-refractivity contribution in [1.82, 2.24) is 9.80 Å². The monoisotopic (exact) mass is 319 g/mol. The fourth-order valence-corrected chi connectivity index (χ4v) is 3.36. The molecule has 1 aromatic rings. The molecule has 0 radical (unpaired) electrons. The van der Waals surface area contributed by atoms with Crippen molar-refractivity contribution in [2.45, 2.75) is 25.3 Å². The molecule has 0 N–H and O–H groups in total. The highest BCUT2D eigenvalue weighted by atomic mass is 19.1. The highest BCUT2D eigenvalue weighted by molar-refractivity contribution is 5.95. The normalized spacial score (nSPS) is 23.5. The van der Waals surface area contributed by atoms with Crippen LogP contribution in [0.3, 0.4) is 0 Å². The number of carbonyl (C=O) groups is 1. The molecule has 23 heavy (non-hydrogen) atoms. The number of likely N-dealkylation sites (N-methyl/N-ethyl adjacent to an activating group) is 2. The van der Waals surface area contributed by atoms with Crippen molar-refractivity contribution in [2.75, 3.05) is 45.2 Å². The largest absolute Gasteiger partial charge is 0.308 e. The number of nitrogens with zero attached hydrogens (tertiary/aromatic N) is 3. The van der Waals surface area contributed by atoms with Crippen LogP contribution in [0.15, 0.2) is 24.3 Å². The van der Waals surface area contributed by atoms with E-state index in [-0.39, 0.29) is 23.7 Å². The first kappa shape index (κ1) is 16.4. The van der Waals surface area contributed by atoms with E-state index >= 15 is 0 Å². The molecule has 1 heterocycles. The van der Waals surface area contributed by atoms with Gasteiger partial charge in [-0.2, -0.15) is 0 Å². The second kappa shape index (κ2) is 6.97. The Morgan fingerprint density at radius 2 is 2.00 bits per heavy atom. The Morgan fingerprint density at radius 3 is 2.65 bits per heavy atom. The predicted molar refractivity (Wildman–Crippen MR) is 90.0 cm³/mol. The van der Waals surface area contributed by atoms with Crippen molar-refractivity contribution in [1.29, 1.82) is 0 Å². The molecule has 0 spiro atoms. The van der Waals surface area contributed by atoms with Crippen LogP contribution in [0.25, 0.3) is 0 Å². The Balaban J connectivity index is 1.82. The maximum absolute atomic E-state index is 14.3. The molecule has 126 valence electrons. The number of halogens is 1. The minimum atomic E-state index is -0.313. The van der Waals surface area contributed by atoms with Crippen LogP contribution in [0.1, 0.15) is 19.3 Å². The number of benzene rings is 1. The van der Waals surface area contributed by atoms with Crippen LogP contribution in [-0.2, 0) is 4.79 Å². The third-order valence-electron chi connectivity index (χ3n) is 5.24. The summed E-state index contributed by atoms with van der Waals surface area (Å²) in [5, 5.41) is 0. The molecule has 3 rings (SSSR count). The van der Waals surface area contributed by atoms with Gasteiger partial charge in [0.25, 0.3) is 0 Å². The number of rotatable bonds is 4. The Morgan fingerprint density at radius 1 is 1.26 bits per heavy atom. The maximum Gasteiger partial charge on any atom is 0.230 e. The zero-order chi connectivity index (χ0) is 16.4. The van der Waals surface area contributed by atoms with Crippen LogP contribution in [0, 0.1) is 11.7 Å². The molecule has 4 nitrogen and oxygen atoms in total. The Hall–Kier alpha value is -1.46. The summed E-state index contributed by atoms with van der Waals surface area (Å²) in [6.45, 7) is 3.46. The lowest BCUT2D eigenvalue weighted by Gasteiger charge is -2.41. The van der Waals surface area contributed by atoms with Gasteiger partial charge in [-0.25, -0.2) is 4.39 Å². The minimum absolute atomic E-state index is 0.0706. The predicted octanol–water partition coefficient (Wildman–Crippen LogP) is 2.20. The number of hydrogen-bond acceptors (Lipinski definition) is 3. The number of carbonyl (C=O) groups excluding carboxylic acids is 1. The lowest BCUT2D eigenvalue weighted by molar-refractivity contribution is -0.125. The number of piperazine rings is 1. The van der Waals surface area contributed by atoms with Crippen LogP contribution < -0.4 is 4.90 Å². The average molecular weight is 319 g/mol. The molecule has 1 atom stereocenters. The topological polar surface area (TPSA) is 26.8 Å². The van der Waals surface area contributed by atoms with Gasteiger partial charge in [0.05, 0.1) is 5.69 Å². The summed E-state index contributed by atoms with van der Waals surface area (Å²) in [4.78, 5) is 19.1. The van der Waals surface area contributed by atoms with Crippen LogP contribution in [0.4, 0.5) is 10.1 Å². The summed E-state index contributed by atoms with van der Waals surface area (Å²) >= 11 is 0. The van der Waals surface area contributed by atoms with Crippen LogP contribution in [0.5, 0.6) is 0 Å². The van der Waals surface area contributed by atoms with Gasteiger partial charge < -0.3 is 9.80 Å². The molecular weight excluding hydrogens is 293 g/mol. The number of hydrogen-bond donors (Lipinski definition) is 0. The van der Waals surface area contributed by atoms with E-state index in [9.17, 15) is 9.18 Å². The maximum atomic E-state index is 14.3. The molecule has 0 bridgehead atoms. The third kappa shape index (κ3) is 3.56. The van der Waals surface area contributed by atoms with Crippen molar-refractivity contribution < 1.29 is 9.18 Å². The van der Waals surface area contributed by atoms with E-state index in [1.165, 1.54) is 6.07 Å². The Bertz CT molecular complexity index is 561. The molecule has 1 unspecified atom stereocenters. The van der Waals surface area contributed by atoms with Crippen molar-refractivity contribution in [2.24, 2.45) is 5.92 Å². The quantitative estimate of drug-likeness (QED) is 0.851. The molecule has 1 aliphatic heterocycles. The zero-order valence-corrected chi connectivity index (χ0v) is 14.0. The highest BCUT2D eigenvalue weighted by Gasteiger charge is 2.34.